The van der Waals surface area contributed by atoms with Crippen molar-refractivity contribution in [3.05, 3.63) is 59.2 Å². The number of carbonyl (C=O) groups is 1. The Bertz CT molecular complexity index is 779. The average molecular weight is 367 g/mol. The van der Waals surface area contributed by atoms with Crippen LogP contribution in [0.2, 0.25) is 0 Å². The third-order valence-corrected chi connectivity index (χ3v) is 5.03. The molecule has 1 fully saturated rings. The number of carbonyl (C=O) groups excluding carboxylic acids is 1. The third kappa shape index (κ3) is 5.03. The number of hydrogen-bond donors (Lipinski definition) is 1. The minimum absolute atomic E-state index is 0.0303. The van der Waals surface area contributed by atoms with E-state index in [2.05, 4.69) is 31.3 Å². The maximum Gasteiger partial charge on any atom is 0.258 e. The van der Waals surface area contributed by atoms with E-state index in [1.54, 1.807) is 7.11 Å². The Hall–Kier alpha value is -2.49. The number of benzene rings is 2. The maximum absolute atomic E-state index is 12.6. The van der Waals surface area contributed by atoms with Gasteiger partial charge in [0, 0.05) is 0 Å². The second kappa shape index (κ2) is 8.47. The lowest BCUT2D eigenvalue weighted by molar-refractivity contribution is -0.124. The summed E-state index contributed by atoms with van der Waals surface area (Å²) in [5.74, 6) is 2.39. The molecular formula is C23H29NO3. The second-order valence-electron chi connectivity index (χ2n) is 7.64. The molecule has 4 nitrogen and oxygen atoms in total. The van der Waals surface area contributed by atoms with Crippen LogP contribution in [0.25, 0.3) is 0 Å². The van der Waals surface area contributed by atoms with Crippen molar-refractivity contribution < 1.29 is 14.3 Å². The molecule has 0 aromatic heterocycles. The molecule has 0 aliphatic heterocycles. The normalized spacial score (nSPS) is 14.7. The molecule has 144 valence electrons. The van der Waals surface area contributed by atoms with E-state index in [0.717, 1.165) is 41.0 Å². The van der Waals surface area contributed by atoms with Gasteiger partial charge < -0.3 is 14.8 Å². The summed E-state index contributed by atoms with van der Waals surface area (Å²) in [6.45, 7) is 6.32. The van der Waals surface area contributed by atoms with Gasteiger partial charge in [0.1, 0.15) is 11.5 Å². The molecule has 1 amide bonds. The van der Waals surface area contributed by atoms with Crippen LogP contribution in [0, 0.1) is 12.8 Å². The standard InChI is InChI=1S/C23H29NO3/c1-15(2)20-12-5-16(3)13-21(20)27-14-22(25)24-23(17-6-7-17)18-8-10-19(26-4)11-9-18/h5,8-13,15,17,23H,6-7,14H2,1-4H3,(H,24,25). The van der Waals surface area contributed by atoms with Crippen molar-refractivity contribution in [2.24, 2.45) is 5.92 Å². The summed E-state index contributed by atoms with van der Waals surface area (Å²) in [5.41, 5.74) is 3.37. The lowest BCUT2D eigenvalue weighted by atomic mass is 10.0. The molecule has 1 aliphatic rings. The summed E-state index contributed by atoms with van der Waals surface area (Å²) in [5, 5.41) is 3.16. The Balaban J connectivity index is 1.64. The highest BCUT2D eigenvalue weighted by molar-refractivity contribution is 5.78. The van der Waals surface area contributed by atoms with Crippen molar-refractivity contribution in [3.8, 4) is 11.5 Å². The first-order valence-electron chi connectivity index (χ1n) is 9.64. The van der Waals surface area contributed by atoms with Gasteiger partial charge in [-0.2, -0.15) is 0 Å². The van der Waals surface area contributed by atoms with Crippen LogP contribution in [-0.4, -0.2) is 19.6 Å². The van der Waals surface area contributed by atoms with Crippen molar-refractivity contribution in [2.45, 2.75) is 45.6 Å². The summed E-state index contributed by atoms with van der Waals surface area (Å²) in [4.78, 5) is 12.6. The summed E-state index contributed by atoms with van der Waals surface area (Å²) < 4.78 is 11.1. The number of nitrogens with one attached hydrogen (secondary N) is 1. The van der Waals surface area contributed by atoms with E-state index in [1.165, 1.54) is 0 Å². The monoisotopic (exact) mass is 367 g/mol. The van der Waals surface area contributed by atoms with Crippen LogP contribution in [0.15, 0.2) is 42.5 Å². The van der Waals surface area contributed by atoms with Gasteiger partial charge in [-0.05, 0) is 66.5 Å². The zero-order chi connectivity index (χ0) is 19.4. The molecule has 1 aliphatic carbocycles. The van der Waals surface area contributed by atoms with Gasteiger partial charge in [-0.1, -0.05) is 38.1 Å². The number of hydrogen-bond acceptors (Lipinski definition) is 3. The van der Waals surface area contributed by atoms with Crippen LogP contribution in [0.3, 0.4) is 0 Å². The topological polar surface area (TPSA) is 47.6 Å². The van der Waals surface area contributed by atoms with Crippen LogP contribution in [0.1, 0.15) is 55.3 Å². The van der Waals surface area contributed by atoms with Crippen LogP contribution in [0.5, 0.6) is 11.5 Å². The summed E-state index contributed by atoms with van der Waals surface area (Å²) in [6.07, 6.45) is 2.29. The quantitative estimate of drug-likeness (QED) is 0.731. The van der Waals surface area contributed by atoms with Gasteiger partial charge in [-0.25, -0.2) is 0 Å². The Morgan fingerprint density at radius 1 is 1.15 bits per heavy atom. The Kier molecular flexibility index (Phi) is 6.04. The van der Waals surface area contributed by atoms with Crippen molar-refractivity contribution >= 4 is 5.91 Å². The molecule has 0 bridgehead atoms. The van der Waals surface area contributed by atoms with E-state index in [-0.39, 0.29) is 18.6 Å². The van der Waals surface area contributed by atoms with Gasteiger partial charge in [0.2, 0.25) is 0 Å². The lowest BCUT2D eigenvalue weighted by Gasteiger charge is -2.20. The number of methoxy groups -OCH3 is 1. The first kappa shape index (κ1) is 19.3. The van der Waals surface area contributed by atoms with Crippen LogP contribution in [-0.2, 0) is 4.79 Å². The van der Waals surface area contributed by atoms with Gasteiger partial charge in [0.25, 0.3) is 5.91 Å². The third-order valence-electron chi connectivity index (χ3n) is 5.03. The van der Waals surface area contributed by atoms with E-state index in [4.69, 9.17) is 9.47 Å². The SMILES string of the molecule is COc1ccc(C(NC(=O)COc2cc(C)ccc2C(C)C)C2CC2)cc1. The fourth-order valence-corrected chi connectivity index (χ4v) is 3.32. The minimum Gasteiger partial charge on any atom is -0.497 e. The summed E-state index contributed by atoms with van der Waals surface area (Å²) >= 11 is 0. The van der Waals surface area contributed by atoms with Crippen molar-refractivity contribution in [1.82, 2.24) is 5.32 Å². The van der Waals surface area contributed by atoms with Crippen LogP contribution in [0.4, 0.5) is 0 Å². The second-order valence-corrected chi connectivity index (χ2v) is 7.64. The van der Waals surface area contributed by atoms with E-state index < -0.39 is 0 Å². The van der Waals surface area contributed by atoms with Gasteiger partial charge >= 0.3 is 0 Å². The predicted molar refractivity (Wildman–Crippen MR) is 107 cm³/mol. The van der Waals surface area contributed by atoms with Crippen LogP contribution >= 0.6 is 0 Å². The molecular weight excluding hydrogens is 338 g/mol. The molecule has 0 radical (unpaired) electrons. The maximum atomic E-state index is 12.6. The number of amides is 1. The highest BCUT2D eigenvalue weighted by atomic mass is 16.5. The van der Waals surface area contributed by atoms with Crippen molar-refractivity contribution in [2.75, 3.05) is 13.7 Å². The molecule has 1 unspecified atom stereocenters. The summed E-state index contributed by atoms with van der Waals surface area (Å²) in [7, 11) is 1.66. The van der Waals surface area contributed by atoms with Gasteiger partial charge in [0.05, 0.1) is 13.2 Å². The average Bonchev–Trinajstić information content (AvgIpc) is 3.49. The van der Waals surface area contributed by atoms with E-state index >= 15 is 0 Å². The first-order chi connectivity index (χ1) is 13.0. The molecule has 1 N–H and O–H groups in total. The predicted octanol–water partition coefficient (Wildman–Crippen LogP) is 4.77. The number of ether oxygens (including phenoxy) is 2. The lowest BCUT2D eigenvalue weighted by Crippen LogP contribution is -2.33. The molecule has 1 atom stereocenters. The van der Waals surface area contributed by atoms with Gasteiger partial charge in [-0.15, -0.1) is 0 Å². The highest BCUT2D eigenvalue weighted by Gasteiger charge is 2.33. The Morgan fingerprint density at radius 2 is 1.85 bits per heavy atom. The Morgan fingerprint density at radius 3 is 2.44 bits per heavy atom. The molecule has 4 heteroatoms. The smallest absolute Gasteiger partial charge is 0.258 e. The molecule has 0 heterocycles. The number of aryl methyl sites for hydroxylation is 1. The number of rotatable bonds is 8. The largest absolute Gasteiger partial charge is 0.497 e. The van der Waals surface area contributed by atoms with Crippen molar-refractivity contribution in [1.29, 1.82) is 0 Å². The van der Waals surface area contributed by atoms with E-state index in [9.17, 15) is 4.79 Å². The zero-order valence-corrected chi connectivity index (χ0v) is 16.6. The molecule has 2 aromatic rings. The van der Waals surface area contributed by atoms with Crippen molar-refractivity contribution in [3.63, 3.8) is 0 Å². The molecule has 2 aromatic carbocycles. The van der Waals surface area contributed by atoms with E-state index in [0.29, 0.717) is 11.8 Å². The van der Waals surface area contributed by atoms with Gasteiger partial charge in [-0.3, -0.25) is 4.79 Å². The first-order valence-corrected chi connectivity index (χ1v) is 9.64. The minimum atomic E-state index is -0.0843. The van der Waals surface area contributed by atoms with Crippen LogP contribution < -0.4 is 14.8 Å². The molecule has 3 rings (SSSR count). The molecule has 0 spiro atoms. The molecule has 0 saturated heterocycles. The molecule has 1 saturated carbocycles. The van der Waals surface area contributed by atoms with E-state index in [1.807, 2.05) is 37.3 Å². The fraction of sp³-hybridized carbons (Fsp3) is 0.435. The molecule has 27 heavy (non-hydrogen) atoms. The highest BCUT2D eigenvalue weighted by Crippen LogP contribution is 2.41. The van der Waals surface area contributed by atoms with Gasteiger partial charge in [0.15, 0.2) is 6.61 Å². The Labute approximate surface area is 161 Å². The fourth-order valence-electron chi connectivity index (χ4n) is 3.32. The summed E-state index contributed by atoms with van der Waals surface area (Å²) in [6, 6.07) is 14.1. The zero-order valence-electron chi connectivity index (χ0n) is 16.6.